The van der Waals surface area contributed by atoms with E-state index in [1.807, 2.05) is 43.3 Å². The number of hydrogen-bond donors (Lipinski definition) is 3. The predicted octanol–water partition coefficient (Wildman–Crippen LogP) is 3.48. The van der Waals surface area contributed by atoms with Crippen molar-refractivity contribution in [1.82, 2.24) is 9.97 Å². The van der Waals surface area contributed by atoms with Crippen LogP contribution in [0.3, 0.4) is 0 Å². The first-order chi connectivity index (χ1) is 11.6. The third-order valence-electron chi connectivity index (χ3n) is 3.81. The molecule has 0 aliphatic heterocycles. The second-order valence-electron chi connectivity index (χ2n) is 5.32. The van der Waals surface area contributed by atoms with Crippen molar-refractivity contribution in [3.8, 4) is 22.6 Å². The molecule has 0 saturated carbocycles. The quantitative estimate of drug-likeness (QED) is 0.297. The van der Waals surface area contributed by atoms with Crippen LogP contribution in [0.4, 0.5) is 5.82 Å². The van der Waals surface area contributed by atoms with Crippen LogP contribution in [-0.2, 0) is 0 Å². The topological polar surface area (TPSA) is 99.7 Å². The molecule has 0 atom stereocenters. The number of aliphatic imine (C=N–C) groups is 1. The Kier molecular flexibility index (Phi) is 4.11. The molecule has 3 rings (SSSR count). The van der Waals surface area contributed by atoms with Gasteiger partial charge in [0.2, 0.25) is 0 Å². The maximum absolute atomic E-state index is 8.72. The summed E-state index contributed by atoms with van der Waals surface area (Å²) >= 11 is 0. The standard InChI is InChI=1S/C18H17N5O/c1-11-5-3-4-6-14(11)15-18(20-2)22-17(21-15)13-9-7-12(8-10-13)16(19)23-24/h3-10,24H,2H2,1H3,(H2,19,23)(H,21,22). The lowest BCUT2D eigenvalue weighted by molar-refractivity contribution is 0.318. The molecule has 0 saturated heterocycles. The van der Waals surface area contributed by atoms with E-state index in [1.54, 1.807) is 12.1 Å². The van der Waals surface area contributed by atoms with Crippen molar-refractivity contribution in [2.24, 2.45) is 15.9 Å². The number of oxime groups is 1. The minimum Gasteiger partial charge on any atom is -0.409 e. The number of aromatic nitrogens is 2. The van der Waals surface area contributed by atoms with Gasteiger partial charge in [-0.1, -0.05) is 53.7 Å². The van der Waals surface area contributed by atoms with Crippen molar-refractivity contribution in [2.75, 3.05) is 0 Å². The number of nitrogens with two attached hydrogens (primary N) is 1. The highest BCUT2D eigenvalue weighted by molar-refractivity contribution is 5.97. The van der Waals surface area contributed by atoms with Crippen molar-refractivity contribution in [3.05, 3.63) is 59.7 Å². The number of rotatable bonds is 4. The molecule has 120 valence electrons. The van der Waals surface area contributed by atoms with Gasteiger partial charge in [-0.15, -0.1) is 0 Å². The van der Waals surface area contributed by atoms with Crippen LogP contribution in [0.2, 0.25) is 0 Å². The van der Waals surface area contributed by atoms with Crippen LogP contribution in [-0.4, -0.2) is 27.7 Å². The van der Waals surface area contributed by atoms with Crippen LogP contribution in [0.1, 0.15) is 11.1 Å². The van der Waals surface area contributed by atoms with Crippen molar-refractivity contribution in [1.29, 1.82) is 0 Å². The summed E-state index contributed by atoms with van der Waals surface area (Å²) in [4.78, 5) is 11.9. The highest BCUT2D eigenvalue weighted by atomic mass is 16.4. The van der Waals surface area contributed by atoms with E-state index in [0.29, 0.717) is 17.2 Å². The van der Waals surface area contributed by atoms with Crippen molar-refractivity contribution in [3.63, 3.8) is 0 Å². The molecule has 6 heteroatoms. The number of hydrogen-bond acceptors (Lipinski definition) is 4. The first-order valence-electron chi connectivity index (χ1n) is 7.35. The Morgan fingerprint density at radius 2 is 1.88 bits per heavy atom. The zero-order chi connectivity index (χ0) is 17.1. The minimum atomic E-state index is 0.0649. The van der Waals surface area contributed by atoms with Gasteiger partial charge >= 0.3 is 0 Å². The lowest BCUT2D eigenvalue weighted by atomic mass is 10.1. The first kappa shape index (κ1) is 15.5. The van der Waals surface area contributed by atoms with Gasteiger partial charge in [-0.05, 0) is 19.2 Å². The largest absolute Gasteiger partial charge is 0.409 e. The molecule has 1 heterocycles. The van der Waals surface area contributed by atoms with Gasteiger partial charge in [0.25, 0.3) is 0 Å². The van der Waals surface area contributed by atoms with Gasteiger partial charge in [-0.25, -0.2) is 9.98 Å². The van der Waals surface area contributed by atoms with Crippen LogP contribution in [0.5, 0.6) is 0 Å². The van der Waals surface area contributed by atoms with Gasteiger partial charge in [-0.2, -0.15) is 0 Å². The highest BCUT2D eigenvalue weighted by Crippen LogP contribution is 2.32. The van der Waals surface area contributed by atoms with E-state index in [0.717, 1.165) is 22.4 Å². The van der Waals surface area contributed by atoms with E-state index in [9.17, 15) is 0 Å². The smallest absolute Gasteiger partial charge is 0.178 e. The monoisotopic (exact) mass is 319 g/mol. The van der Waals surface area contributed by atoms with E-state index in [1.165, 1.54) is 0 Å². The van der Waals surface area contributed by atoms with Gasteiger partial charge in [0.15, 0.2) is 11.7 Å². The van der Waals surface area contributed by atoms with E-state index < -0.39 is 0 Å². The molecule has 0 fully saturated rings. The number of nitrogens with one attached hydrogen (secondary N) is 1. The third kappa shape index (κ3) is 2.77. The van der Waals surface area contributed by atoms with E-state index in [-0.39, 0.29) is 5.84 Å². The Bertz CT molecular complexity index is 909. The van der Waals surface area contributed by atoms with Crippen LogP contribution in [0, 0.1) is 6.92 Å². The Labute approximate surface area is 139 Å². The maximum atomic E-state index is 8.72. The van der Waals surface area contributed by atoms with Crippen molar-refractivity contribution < 1.29 is 5.21 Å². The SMILES string of the molecule is C=Nc1nc(-c2ccc(/C(N)=N\O)cc2)[nH]c1-c1ccccc1C. The van der Waals surface area contributed by atoms with E-state index >= 15 is 0 Å². The number of nitrogens with zero attached hydrogens (tertiary/aromatic N) is 3. The minimum absolute atomic E-state index is 0.0649. The Morgan fingerprint density at radius 3 is 2.50 bits per heavy atom. The zero-order valence-corrected chi connectivity index (χ0v) is 13.2. The van der Waals surface area contributed by atoms with Crippen LogP contribution in [0.25, 0.3) is 22.6 Å². The highest BCUT2D eigenvalue weighted by Gasteiger charge is 2.14. The summed E-state index contributed by atoms with van der Waals surface area (Å²) in [6.07, 6.45) is 0. The zero-order valence-electron chi connectivity index (χ0n) is 13.2. The molecule has 0 bridgehead atoms. The van der Waals surface area contributed by atoms with Gasteiger partial charge in [-0.3, -0.25) is 0 Å². The fourth-order valence-corrected chi connectivity index (χ4v) is 2.51. The van der Waals surface area contributed by atoms with Gasteiger partial charge in [0.1, 0.15) is 5.82 Å². The molecular formula is C18H17N5O. The number of benzene rings is 2. The molecule has 0 aliphatic rings. The summed E-state index contributed by atoms with van der Waals surface area (Å²) in [5.74, 6) is 1.30. The Hall–Kier alpha value is -3.41. The van der Waals surface area contributed by atoms with E-state index in [4.69, 9.17) is 10.9 Å². The molecule has 0 radical (unpaired) electrons. The molecule has 0 unspecified atom stereocenters. The average molecular weight is 319 g/mol. The predicted molar refractivity (Wildman–Crippen MR) is 95.9 cm³/mol. The second-order valence-corrected chi connectivity index (χ2v) is 5.32. The molecule has 6 nitrogen and oxygen atoms in total. The van der Waals surface area contributed by atoms with Gasteiger partial charge < -0.3 is 15.9 Å². The fourth-order valence-electron chi connectivity index (χ4n) is 2.51. The summed E-state index contributed by atoms with van der Waals surface area (Å²) in [7, 11) is 0. The second kappa shape index (κ2) is 6.37. The molecule has 0 spiro atoms. The average Bonchev–Trinajstić information content (AvgIpc) is 3.05. The Morgan fingerprint density at radius 1 is 1.17 bits per heavy atom. The number of aryl methyl sites for hydroxylation is 1. The lowest BCUT2D eigenvalue weighted by Gasteiger charge is -2.03. The molecular weight excluding hydrogens is 302 g/mol. The lowest BCUT2D eigenvalue weighted by Crippen LogP contribution is -2.12. The summed E-state index contributed by atoms with van der Waals surface area (Å²) in [6, 6.07) is 15.2. The molecule has 0 amide bonds. The molecule has 4 N–H and O–H groups in total. The van der Waals surface area contributed by atoms with Crippen LogP contribution >= 0.6 is 0 Å². The Balaban J connectivity index is 2.05. The summed E-state index contributed by atoms with van der Waals surface area (Å²) in [6.45, 7) is 5.65. The fraction of sp³-hybridized carbons (Fsp3) is 0.0556. The van der Waals surface area contributed by atoms with Gasteiger partial charge in [0.05, 0.1) is 5.69 Å². The number of amidine groups is 1. The van der Waals surface area contributed by atoms with Crippen LogP contribution in [0.15, 0.2) is 58.7 Å². The normalized spacial score (nSPS) is 11.5. The summed E-state index contributed by atoms with van der Waals surface area (Å²) < 4.78 is 0. The number of aromatic amines is 1. The molecule has 2 aromatic carbocycles. The van der Waals surface area contributed by atoms with Crippen molar-refractivity contribution in [2.45, 2.75) is 6.92 Å². The number of H-pyrrole nitrogens is 1. The summed E-state index contributed by atoms with van der Waals surface area (Å²) in [5.41, 5.74) is 10.1. The van der Waals surface area contributed by atoms with E-state index in [2.05, 4.69) is 26.8 Å². The molecule has 0 aliphatic carbocycles. The first-order valence-corrected chi connectivity index (χ1v) is 7.35. The third-order valence-corrected chi connectivity index (χ3v) is 3.81. The summed E-state index contributed by atoms with van der Waals surface area (Å²) in [5, 5.41) is 11.7. The van der Waals surface area contributed by atoms with Crippen LogP contribution < -0.4 is 5.73 Å². The number of imidazole rings is 1. The molecule has 3 aromatic rings. The molecule has 1 aromatic heterocycles. The van der Waals surface area contributed by atoms with Crippen molar-refractivity contribution >= 4 is 18.4 Å². The molecule has 24 heavy (non-hydrogen) atoms. The maximum Gasteiger partial charge on any atom is 0.178 e. The van der Waals surface area contributed by atoms with Gasteiger partial charge in [0, 0.05) is 16.7 Å².